The lowest BCUT2D eigenvalue weighted by molar-refractivity contribution is 1.43. The molecule has 0 aliphatic rings. The third-order valence-electron chi connectivity index (χ3n) is 2.60. The minimum absolute atomic E-state index is 0.347. The second-order valence-corrected chi connectivity index (χ2v) is 5.67. The Hall–Kier alpha value is -1.23. The topological polar surface area (TPSA) is 38.0 Å². The Balaban J connectivity index is 2.36. The molecule has 0 saturated heterocycles. The van der Waals surface area contributed by atoms with Crippen molar-refractivity contribution in [3.63, 3.8) is 0 Å². The highest BCUT2D eigenvalue weighted by Gasteiger charge is 2.06. The summed E-state index contributed by atoms with van der Waals surface area (Å²) in [6.07, 6.45) is 2.04. The summed E-state index contributed by atoms with van der Waals surface area (Å²) in [6, 6.07) is 13.5. The number of thiocarbonyl (C=S) groups is 1. The summed E-state index contributed by atoms with van der Waals surface area (Å²) in [5.74, 6) is 0. The van der Waals surface area contributed by atoms with Crippen molar-refractivity contribution in [2.24, 2.45) is 5.73 Å². The van der Waals surface area contributed by atoms with Crippen LogP contribution in [-0.2, 0) is 0 Å². The normalized spacial score (nSPS) is 10.2. The van der Waals surface area contributed by atoms with Gasteiger partial charge in [0.05, 0.1) is 5.69 Å². The average molecular weight is 309 g/mol. The minimum atomic E-state index is 0.347. The van der Waals surface area contributed by atoms with Crippen LogP contribution in [0.1, 0.15) is 5.56 Å². The van der Waals surface area contributed by atoms with E-state index in [4.69, 9.17) is 29.6 Å². The van der Waals surface area contributed by atoms with Gasteiger partial charge in [0, 0.05) is 21.2 Å². The fraction of sp³-hybridized carbons (Fsp3) is 0.0714. The zero-order valence-electron chi connectivity index (χ0n) is 10.3. The van der Waals surface area contributed by atoms with Crippen LogP contribution < -0.4 is 11.1 Å². The summed E-state index contributed by atoms with van der Waals surface area (Å²) in [7, 11) is 0. The van der Waals surface area contributed by atoms with Crippen LogP contribution in [-0.4, -0.2) is 11.2 Å². The van der Waals surface area contributed by atoms with E-state index in [1.165, 1.54) is 4.90 Å². The van der Waals surface area contributed by atoms with Crippen molar-refractivity contribution in [3.05, 3.63) is 53.1 Å². The number of rotatable bonds is 4. The quantitative estimate of drug-likeness (QED) is 0.647. The average Bonchev–Trinajstić information content (AvgIpc) is 2.38. The van der Waals surface area contributed by atoms with Gasteiger partial charge in [0.1, 0.15) is 4.99 Å². The van der Waals surface area contributed by atoms with E-state index in [9.17, 15) is 0 Å². The molecule has 0 unspecified atom stereocenters. The van der Waals surface area contributed by atoms with Gasteiger partial charge in [-0.15, -0.1) is 11.8 Å². The van der Waals surface area contributed by atoms with Crippen LogP contribution in [0, 0.1) is 0 Å². The van der Waals surface area contributed by atoms with Crippen molar-refractivity contribution in [2.45, 2.75) is 4.90 Å². The maximum atomic E-state index is 6.02. The molecule has 2 aromatic rings. The second kappa shape index (κ2) is 6.28. The van der Waals surface area contributed by atoms with E-state index in [1.807, 2.05) is 30.5 Å². The van der Waals surface area contributed by atoms with Gasteiger partial charge in [0.25, 0.3) is 0 Å². The molecule has 0 amide bonds. The molecule has 98 valence electrons. The lowest BCUT2D eigenvalue weighted by Crippen LogP contribution is -2.11. The largest absolute Gasteiger partial charge is 0.389 e. The van der Waals surface area contributed by atoms with Crippen molar-refractivity contribution >= 4 is 51.9 Å². The molecule has 0 bridgehead atoms. The maximum absolute atomic E-state index is 6.02. The molecule has 2 aromatic carbocycles. The van der Waals surface area contributed by atoms with Gasteiger partial charge in [-0.1, -0.05) is 29.9 Å². The molecule has 19 heavy (non-hydrogen) atoms. The lowest BCUT2D eigenvalue weighted by Gasteiger charge is -2.12. The Morgan fingerprint density at radius 1 is 1.26 bits per heavy atom. The van der Waals surface area contributed by atoms with Gasteiger partial charge in [0.2, 0.25) is 0 Å². The first-order valence-electron chi connectivity index (χ1n) is 5.60. The number of nitrogens with two attached hydrogens (primary N) is 1. The summed E-state index contributed by atoms with van der Waals surface area (Å²) in [4.78, 5) is 1.53. The van der Waals surface area contributed by atoms with E-state index < -0.39 is 0 Å². The molecule has 0 radical (unpaired) electrons. The van der Waals surface area contributed by atoms with Gasteiger partial charge in [-0.25, -0.2) is 0 Å². The van der Waals surface area contributed by atoms with Gasteiger partial charge >= 0.3 is 0 Å². The highest BCUT2D eigenvalue weighted by Crippen LogP contribution is 2.26. The molecule has 0 spiro atoms. The Kier molecular flexibility index (Phi) is 4.69. The van der Waals surface area contributed by atoms with Crippen molar-refractivity contribution in [1.82, 2.24) is 0 Å². The zero-order valence-corrected chi connectivity index (χ0v) is 12.7. The van der Waals surface area contributed by atoms with Crippen molar-refractivity contribution in [3.8, 4) is 0 Å². The van der Waals surface area contributed by atoms with Gasteiger partial charge in [-0.2, -0.15) is 0 Å². The number of nitrogens with one attached hydrogen (secondary N) is 1. The molecule has 0 saturated carbocycles. The van der Waals surface area contributed by atoms with Crippen LogP contribution in [0.3, 0.4) is 0 Å². The third-order valence-corrected chi connectivity index (χ3v) is 3.78. The lowest BCUT2D eigenvalue weighted by atomic mass is 10.1. The fourth-order valence-corrected chi connectivity index (χ4v) is 2.50. The number of hydrogen-bond acceptors (Lipinski definition) is 3. The standard InChI is InChI=1S/C14H13ClN2S2/c1-19-11-4-2-3-10(8-11)17-13-7-9(15)5-6-12(13)14(16)18/h2-8,17H,1H3,(H2,16,18). The molecule has 0 heterocycles. The molecule has 2 rings (SSSR count). The Labute approximate surface area is 127 Å². The van der Waals surface area contributed by atoms with Gasteiger partial charge in [-0.05, 0) is 42.7 Å². The number of anilines is 2. The van der Waals surface area contributed by atoms with Crippen molar-refractivity contribution in [2.75, 3.05) is 11.6 Å². The van der Waals surface area contributed by atoms with Crippen LogP contribution in [0.5, 0.6) is 0 Å². The number of benzene rings is 2. The molecule has 0 aromatic heterocycles. The Morgan fingerprint density at radius 3 is 2.74 bits per heavy atom. The van der Waals surface area contributed by atoms with E-state index in [1.54, 1.807) is 17.8 Å². The smallest absolute Gasteiger partial charge is 0.106 e. The molecule has 0 aliphatic carbocycles. The van der Waals surface area contributed by atoms with E-state index in [-0.39, 0.29) is 0 Å². The first-order valence-corrected chi connectivity index (χ1v) is 7.61. The summed E-state index contributed by atoms with van der Waals surface area (Å²) in [6.45, 7) is 0. The van der Waals surface area contributed by atoms with Crippen LogP contribution in [0.4, 0.5) is 11.4 Å². The number of hydrogen-bond donors (Lipinski definition) is 2. The van der Waals surface area contributed by atoms with Crippen molar-refractivity contribution in [1.29, 1.82) is 0 Å². The first kappa shape index (κ1) is 14.2. The third kappa shape index (κ3) is 3.62. The monoisotopic (exact) mass is 308 g/mol. The van der Waals surface area contributed by atoms with Gasteiger partial charge in [-0.3, -0.25) is 0 Å². The maximum Gasteiger partial charge on any atom is 0.106 e. The molecule has 0 atom stereocenters. The molecule has 0 aliphatic heterocycles. The van der Waals surface area contributed by atoms with Gasteiger partial charge in [0.15, 0.2) is 0 Å². The first-order chi connectivity index (χ1) is 9.10. The molecular formula is C14H13ClN2S2. The predicted molar refractivity (Wildman–Crippen MR) is 88.8 cm³/mol. The van der Waals surface area contributed by atoms with E-state index in [2.05, 4.69) is 17.4 Å². The Bertz CT molecular complexity index is 614. The fourth-order valence-electron chi connectivity index (χ4n) is 1.69. The second-order valence-electron chi connectivity index (χ2n) is 3.91. The summed E-state index contributed by atoms with van der Waals surface area (Å²) >= 11 is 12.8. The molecule has 3 N–H and O–H groups in total. The zero-order chi connectivity index (χ0) is 13.8. The minimum Gasteiger partial charge on any atom is -0.389 e. The summed E-state index contributed by atoms with van der Waals surface area (Å²) < 4.78 is 0. The van der Waals surface area contributed by atoms with Crippen LogP contribution in [0.15, 0.2) is 47.4 Å². The van der Waals surface area contributed by atoms with E-state index in [0.717, 1.165) is 16.9 Å². The van der Waals surface area contributed by atoms with Crippen LogP contribution >= 0.6 is 35.6 Å². The highest BCUT2D eigenvalue weighted by atomic mass is 35.5. The molecule has 5 heteroatoms. The number of thioether (sulfide) groups is 1. The number of halogens is 1. The Morgan fingerprint density at radius 2 is 2.05 bits per heavy atom. The van der Waals surface area contributed by atoms with E-state index >= 15 is 0 Å². The summed E-state index contributed by atoms with van der Waals surface area (Å²) in [5.41, 5.74) is 8.30. The SMILES string of the molecule is CSc1cccc(Nc2cc(Cl)ccc2C(N)=S)c1. The predicted octanol–water partition coefficient (Wildman–Crippen LogP) is 4.44. The molecule has 0 fully saturated rings. The highest BCUT2D eigenvalue weighted by molar-refractivity contribution is 7.98. The summed E-state index contributed by atoms with van der Waals surface area (Å²) in [5, 5.41) is 3.95. The molecular weight excluding hydrogens is 296 g/mol. The van der Waals surface area contributed by atoms with Gasteiger partial charge < -0.3 is 11.1 Å². The van der Waals surface area contributed by atoms with Crippen LogP contribution in [0.25, 0.3) is 0 Å². The van der Waals surface area contributed by atoms with E-state index in [0.29, 0.717) is 10.0 Å². The van der Waals surface area contributed by atoms with Crippen LogP contribution in [0.2, 0.25) is 5.02 Å². The molecule has 2 nitrogen and oxygen atoms in total. The van der Waals surface area contributed by atoms with Crippen molar-refractivity contribution < 1.29 is 0 Å².